The van der Waals surface area contributed by atoms with Crippen LogP contribution >= 0.6 is 0 Å². The van der Waals surface area contributed by atoms with Crippen LogP contribution in [0.15, 0.2) is 42.5 Å². The van der Waals surface area contributed by atoms with Gasteiger partial charge in [0.25, 0.3) is 0 Å². The predicted molar refractivity (Wildman–Crippen MR) is 99.9 cm³/mol. The minimum atomic E-state index is -0.00934. The number of benzene rings is 2. The number of carbonyl (C=O) groups is 1. The lowest BCUT2D eigenvalue weighted by Gasteiger charge is -2.37. The molecule has 2 amide bonds. The highest BCUT2D eigenvalue weighted by molar-refractivity contribution is 5.90. The first-order chi connectivity index (χ1) is 11.6. The van der Waals surface area contributed by atoms with Gasteiger partial charge in [0.15, 0.2) is 0 Å². The number of urea groups is 1. The van der Waals surface area contributed by atoms with E-state index in [9.17, 15) is 4.79 Å². The minimum absolute atomic E-state index is 0.00934. The molecule has 3 rings (SSSR count). The third-order valence-corrected chi connectivity index (χ3v) is 4.87. The van der Waals surface area contributed by atoms with E-state index in [1.165, 1.54) is 16.8 Å². The van der Waals surface area contributed by atoms with Crippen LogP contribution in [0.2, 0.25) is 0 Å². The molecule has 0 saturated carbocycles. The lowest BCUT2D eigenvalue weighted by molar-refractivity contribution is 0.208. The van der Waals surface area contributed by atoms with Crippen molar-refractivity contribution in [1.82, 2.24) is 4.90 Å². The SMILES string of the molecule is Cc1ccccc1NC(=O)N1CCN(c2cccc(C)c2C)CC1. The van der Waals surface area contributed by atoms with Gasteiger partial charge in [-0.3, -0.25) is 0 Å². The van der Waals surface area contributed by atoms with Gasteiger partial charge in [-0.1, -0.05) is 30.3 Å². The maximum atomic E-state index is 12.5. The van der Waals surface area contributed by atoms with E-state index >= 15 is 0 Å². The normalized spacial score (nSPS) is 14.6. The van der Waals surface area contributed by atoms with Crippen molar-refractivity contribution in [1.29, 1.82) is 0 Å². The zero-order chi connectivity index (χ0) is 17.1. The van der Waals surface area contributed by atoms with Gasteiger partial charge in [0, 0.05) is 37.6 Å². The molecule has 0 unspecified atom stereocenters. The van der Waals surface area contributed by atoms with Gasteiger partial charge in [0.1, 0.15) is 0 Å². The fourth-order valence-corrected chi connectivity index (χ4v) is 3.14. The summed E-state index contributed by atoms with van der Waals surface area (Å²) in [4.78, 5) is 16.8. The van der Waals surface area contributed by atoms with Crippen molar-refractivity contribution in [3.8, 4) is 0 Å². The zero-order valence-electron chi connectivity index (χ0n) is 14.7. The summed E-state index contributed by atoms with van der Waals surface area (Å²) in [6, 6.07) is 14.3. The van der Waals surface area contributed by atoms with Crippen LogP contribution in [0.1, 0.15) is 16.7 Å². The van der Waals surface area contributed by atoms with Crippen LogP contribution in [0.25, 0.3) is 0 Å². The Labute approximate surface area is 144 Å². The Bertz CT molecular complexity index is 733. The molecule has 2 aromatic carbocycles. The maximum Gasteiger partial charge on any atom is 0.321 e. The number of anilines is 2. The molecule has 1 heterocycles. The lowest BCUT2D eigenvalue weighted by atomic mass is 10.1. The minimum Gasteiger partial charge on any atom is -0.368 e. The van der Waals surface area contributed by atoms with Crippen LogP contribution in [0, 0.1) is 20.8 Å². The molecule has 0 aliphatic carbocycles. The lowest BCUT2D eigenvalue weighted by Crippen LogP contribution is -2.50. The monoisotopic (exact) mass is 323 g/mol. The maximum absolute atomic E-state index is 12.5. The molecule has 126 valence electrons. The number of nitrogens with one attached hydrogen (secondary N) is 1. The van der Waals surface area contributed by atoms with E-state index in [0.717, 1.165) is 37.4 Å². The van der Waals surface area contributed by atoms with Crippen molar-refractivity contribution in [3.63, 3.8) is 0 Å². The van der Waals surface area contributed by atoms with Crippen LogP contribution in [-0.4, -0.2) is 37.1 Å². The number of amides is 2. The number of hydrogen-bond donors (Lipinski definition) is 1. The molecule has 1 N–H and O–H groups in total. The number of rotatable bonds is 2. The first-order valence-corrected chi connectivity index (χ1v) is 8.49. The third-order valence-electron chi connectivity index (χ3n) is 4.87. The van der Waals surface area contributed by atoms with E-state index < -0.39 is 0 Å². The van der Waals surface area contributed by atoms with Gasteiger partial charge in [0.05, 0.1) is 0 Å². The van der Waals surface area contributed by atoms with Crippen molar-refractivity contribution in [2.75, 3.05) is 36.4 Å². The molecule has 4 heteroatoms. The Morgan fingerprint density at radius 2 is 1.54 bits per heavy atom. The quantitative estimate of drug-likeness (QED) is 0.908. The summed E-state index contributed by atoms with van der Waals surface area (Å²) in [6.07, 6.45) is 0. The summed E-state index contributed by atoms with van der Waals surface area (Å²) in [5.74, 6) is 0. The van der Waals surface area contributed by atoms with E-state index in [1.807, 2.05) is 36.1 Å². The molecule has 0 spiro atoms. The summed E-state index contributed by atoms with van der Waals surface area (Å²) >= 11 is 0. The summed E-state index contributed by atoms with van der Waals surface area (Å²) in [5.41, 5.74) is 5.90. The van der Waals surface area contributed by atoms with E-state index in [1.54, 1.807) is 0 Å². The largest absolute Gasteiger partial charge is 0.368 e. The van der Waals surface area contributed by atoms with Gasteiger partial charge in [-0.05, 0) is 49.6 Å². The average Bonchev–Trinajstić information content (AvgIpc) is 2.59. The second kappa shape index (κ2) is 6.95. The Kier molecular flexibility index (Phi) is 4.74. The molecule has 2 aromatic rings. The first-order valence-electron chi connectivity index (χ1n) is 8.49. The first kappa shape index (κ1) is 16.4. The number of para-hydroxylation sites is 1. The van der Waals surface area contributed by atoms with E-state index in [0.29, 0.717) is 0 Å². The van der Waals surface area contributed by atoms with Crippen LogP contribution in [0.4, 0.5) is 16.2 Å². The summed E-state index contributed by atoms with van der Waals surface area (Å²) in [5, 5.41) is 3.02. The van der Waals surface area contributed by atoms with Gasteiger partial charge in [-0.15, -0.1) is 0 Å². The fraction of sp³-hybridized carbons (Fsp3) is 0.350. The van der Waals surface area contributed by atoms with Crippen LogP contribution in [-0.2, 0) is 0 Å². The van der Waals surface area contributed by atoms with Gasteiger partial charge in [0.2, 0.25) is 0 Å². The predicted octanol–water partition coefficient (Wildman–Crippen LogP) is 3.97. The molecule has 0 bridgehead atoms. The molecular weight excluding hydrogens is 298 g/mol. The Morgan fingerprint density at radius 3 is 2.25 bits per heavy atom. The summed E-state index contributed by atoms with van der Waals surface area (Å²) in [6.45, 7) is 9.54. The number of carbonyl (C=O) groups excluding carboxylic acids is 1. The van der Waals surface area contributed by atoms with Crippen molar-refractivity contribution < 1.29 is 4.79 Å². The van der Waals surface area contributed by atoms with Crippen LogP contribution in [0.5, 0.6) is 0 Å². The number of nitrogens with zero attached hydrogens (tertiary/aromatic N) is 2. The highest BCUT2D eigenvalue weighted by atomic mass is 16.2. The van der Waals surface area contributed by atoms with Crippen molar-refractivity contribution in [2.45, 2.75) is 20.8 Å². The second-order valence-electron chi connectivity index (χ2n) is 6.44. The topological polar surface area (TPSA) is 35.6 Å². The Hall–Kier alpha value is -2.49. The van der Waals surface area contributed by atoms with E-state index in [2.05, 4.69) is 42.3 Å². The van der Waals surface area contributed by atoms with Gasteiger partial charge in [-0.25, -0.2) is 4.79 Å². The zero-order valence-corrected chi connectivity index (χ0v) is 14.7. The molecular formula is C20H25N3O. The fourth-order valence-electron chi connectivity index (χ4n) is 3.14. The number of aryl methyl sites for hydroxylation is 2. The molecule has 0 radical (unpaired) electrons. The van der Waals surface area contributed by atoms with Gasteiger partial charge < -0.3 is 15.1 Å². The summed E-state index contributed by atoms with van der Waals surface area (Å²) in [7, 11) is 0. The molecule has 4 nitrogen and oxygen atoms in total. The van der Waals surface area contributed by atoms with Crippen LogP contribution < -0.4 is 10.2 Å². The van der Waals surface area contributed by atoms with Gasteiger partial charge >= 0.3 is 6.03 Å². The van der Waals surface area contributed by atoms with Crippen molar-refractivity contribution in [2.24, 2.45) is 0 Å². The molecule has 1 aliphatic rings. The molecule has 1 saturated heterocycles. The number of piperazine rings is 1. The average molecular weight is 323 g/mol. The van der Waals surface area contributed by atoms with Gasteiger partial charge in [-0.2, -0.15) is 0 Å². The number of hydrogen-bond acceptors (Lipinski definition) is 2. The highest BCUT2D eigenvalue weighted by Gasteiger charge is 2.22. The second-order valence-corrected chi connectivity index (χ2v) is 6.44. The third kappa shape index (κ3) is 3.37. The standard InChI is InChI=1S/C20H25N3O/c1-15-8-6-10-19(17(15)3)22-11-13-23(14-12-22)20(24)21-18-9-5-4-7-16(18)2/h4-10H,11-14H2,1-3H3,(H,21,24). The molecule has 1 fully saturated rings. The van der Waals surface area contributed by atoms with E-state index in [4.69, 9.17) is 0 Å². The Balaban J connectivity index is 1.62. The van der Waals surface area contributed by atoms with Crippen molar-refractivity contribution in [3.05, 3.63) is 59.2 Å². The van der Waals surface area contributed by atoms with E-state index in [-0.39, 0.29) is 6.03 Å². The smallest absolute Gasteiger partial charge is 0.321 e. The molecule has 0 aromatic heterocycles. The molecule has 24 heavy (non-hydrogen) atoms. The van der Waals surface area contributed by atoms with Crippen LogP contribution in [0.3, 0.4) is 0 Å². The van der Waals surface area contributed by atoms with Crippen molar-refractivity contribution >= 4 is 17.4 Å². The molecule has 0 atom stereocenters. The Morgan fingerprint density at radius 1 is 0.875 bits per heavy atom. The summed E-state index contributed by atoms with van der Waals surface area (Å²) < 4.78 is 0. The highest BCUT2D eigenvalue weighted by Crippen LogP contribution is 2.24. The molecule has 1 aliphatic heterocycles.